The zero-order valence-corrected chi connectivity index (χ0v) is 40.9. The number of hydrogen-bond acceptors (Lipinski definition) is 10. The molecule has 0 bridgehead atoms. The summed E-state index contributed by atoms with van der Waals surface area (Å²) < 4.78 is 39.1. The van der Waals surface area contributed by atoms with Gasteiger partial charge in [0.05, 0.1) is 26.2 Å². The van der Waals surface area contributed by atoms with Crippen molar-refractivity contribution in [3.05, 3.63) is 85.1 Å². The molecule has 0 rings (SSSR count). The predicted octanol–water partition coefficient (Wildman–Crippen LogP) is 13.6. The minimum atomic E-state index is -4.76. The van der Waals surface area contributed by atoms with E-state index in [1.165, 1.54) is 32.1 Å². The predicted molar refractivity (Wildman–Crippen MR) is 261 cm³/mol. The number of rotatable bonds is 44. The molecule has 3 unspecified atom stereocenters. The van der Waals surface area contributed by atoms with Crippen molar-refractivity contribution in [3.8, 4) is 0 Å². The van der Waals surface area contributed by atoms with Gasteiger partial charge in [0.2, 0.25) is 0 Å². The van der Waals surface area contributed by atoms with Crippen LogP contribution in [0.25, 0.3) is 0 Å². The molecule has 0 aliphatic carbocycles. The maximum Gasteiger partial charge on any atom is 0.472 e. The molecule has 0 saturated carbocycles. The molecule has 0 aliphatic rings. The first-order valence-corrected chi connectivity index (χ1v) is 26.0. The summed E-state index contributed by atoms with van der Waals surface area (Å²) in [4.78, 5) is 48.1. The van der Waals surface area contributed by atoms with E-state index in [1.54, 1.807) is 6.08 Å². The van der Waals surface area contributed by atoms with Crippen molar-refractivity contribution >= 4 is 25.7 Å². The second-order valence-corrected chi connectivity index (χ2v) is 17.4. The molecule has 366 valence electrons. The smallest absolute Gasteiger partial charge is 0.462 e. The Kier molecular flexibility index (Phi) is 43.8. The molecule has 0 aromatic carbocycles. The molecular weight excluding hydrogens is 832 g/mol. The van der Waals surface area contributed by atoms with Crippen molar-refractivity contribution in [2.24, 2.45) is 0 Å². The zero-order chi connectivity index (χ0) is 47.0. The van der Waals surface area contributed by atoms with Crippen LogP contribution in [0.4, 0.5) is 0 Å². The average Bonchev–Trinajstić information content (AvgIpc) is 3.28. The van der Waals surface area contributed by atoms with Gasteiger partial charge in [-0.05, 0) is 70.6 Å². The third-order valence-electron chi connectivity index (χ3n) is 9.82. The molecule has 64 heavy (non-hydrogen) atoms. The topological polar surface area (TPSA) is 155 Å². The van der Waals surface area contributed by atoms with Gasteiger partial charge in [-0.1, -0.05) is 183 Å². The van der Waals surface area contributed by atoms with E-state index < -0.39 is 57.8 Å². The van der Waals surface area contributed by atoms with E-state index in [0.29, 0.717) is 19.3 Å². The maximum atomic E-state index is 12.8. The quantitative estimate of drug-likeness (QED) is 0.0197. The Hall–Kier alpha value is -3.34. The van der Waals surface area contributed by atoms with Gasteiger partial charge < -0.3 is 24.2 Å². The third kappa shape index (κ3) is 43.9. The van der Waals surface area contributed by atoms with E-state index in [0.717, 1.165) is 96.3 Å². The second kappa shape index (κ2) is 46.2. The van der Waals surface area contributed by atoms with E-state index in [1.807, 2.05) is 18.2 Å². The monoisotopic (exact) mass is 919 g/mol. The fourth-order valence-corrected chi connectivity index (χ4v) is 6.90. The number of unbranched alkanes of at least 4 members (excludes halogenated alkanes) is 14. The van der Waals surface area contributed by atoms with Gasteiger partial charge in [-0.2, -0.15) is 0 Å². The molecule has 0 amide bonds. The lowest BCUT2D eigenvalue weighted by Gasteiger charge is -2.21. The summed E-state index contributed by atoms with van der Waals surface area (Å²) in [5.41, 5.74) is 0. The van der Waals surface area contributed by atoms with Crippen LogP contribution < -0.4 is 0 Å². The molecule has 0 aliphatic heterocycles. The standard InChI is InChI=1S/C52H87O11P/c1-4-7-10-13-16-19-21-23-24-26-28-31-34-37-40-43-52(56)63-49(45-59-50(54)41-38-35-32-30-27-25-22-20-17-14-11-8-5-2)47-61-64(57,58)60-46-48(44-53)62-51(55)42-39-36-33-29-18-15-12-9-6-3/h7,10-11,14,16,19-20,22-24,28,31,37,40,48-49,53H,4-6,8-9,12-13,15,17-18,21,25-27,29-30,32-36,38-39,41-47H2,1-3H3,(H,57,58)/b10-7-,14-11-,19-16-,22-20-,24-23-,31-28-,40-37-. The molecule has 0 heterocycles. The number of phosphoric ester groups is 1. The normalized spacial score (nSPS) is 14.3. The van der Waals surface area contributed by atoms with Crippen LogP contribution in [0.15, 0.2) is 85.1 Å². The molecule has 0 saturated heterocycles. The number of allylic oxidation sites excluding steroid dienone is 13. The number of aliphatic hydroxyl groups excluding tert-OH is 1. The first-order valence-electron chi connectivity index (χ1n) is 24.5. The maximum absolute atomic E-state index is 12.8. The highest BCUT2D eigenvalue weighted by molar-refractivity contribution is 7.47. The van der Waals surface area contributed by atoms with Crippen LogP contribution in [0, 0.1) is 0 Å². The number of carbonyl (C=O) groups excluding carboxylic acids is 3. The number of ether oxygens (including phenoxy) is 3. The molecule has 0 aromatic heterocycles. The molecule has 2 N–H and O–H groups in total. The first-order chi connectivity index (χ1) is 31.2. The molecule has 0 aromatic rings. The molecule has 11 nitrogen and oxygen atoms in total. The minimum absolute atomic E-state index is 0.0698. The van der Waals surface area contributed by atoms with Crippen LogP contribution in [0.5, 0.6) is 0 Å². The summed E-state index contributed by atoms with van der Waals surface area (Å²) in [6, 6.07) is 0. The lowest BCUT2D eigenvalue weighted by atomic mass is 10.1. The molecule has 0 fully saturated rings. The summed E-state index contributed by atoms with van der Waals surface area (Å²) in [5.74, 6) is -1.65. The lowest BCUT2D eigenvalue weighted by molar-refractivity contribution is -0.160. The van der Waals surface area contributed by atoms with Crippen LogP contribution in [-0.4, -0.2) is 66.5 Å². The fourth-order valence-electron chi connectivity index (χ4n) is 6.11. The van der Waals surface area contributed by atoms with Crippen LogP contribution in [0.1, 0.15) is 188 Å². The van der Waals surface area contributed by atoms with E-state index in [4.69, 9.17) is 23.3 Å². The van der Waals surface area contributed by atoms with Gasteiger partial charge in [0.1, 0.15) is 12.7 Å². The van der Waals surface area contributed by atoms with Gasteiger partial charge in [-0.15, -0.1) is 0 Å². The highest BCUT2D eigenvalue weighted by Crippen LogP contribution is 2.43. The molecule has 3 atom stereocenters. The zero-order valence-electron chi connectivity index (χ0n) is 40.0. The lowest BCUT2D eigenvalue weighted by Crippen LogP contribution is -2.30. The molecule has 0 radical (unpaired) electrons. The Balaban J connectivity index is 4.92. The largest absolute Gasteiger partial charge is 0.472 e. The molecular formula is C52H87O11P. The number of phosphoric acid groups is 1. The Labute approximate surface area is 388 Å². The van der Waals surface area contributed by atoms with Gasteiger partial charge in [0.15, 0.2) is 6.10 Å². The number of aliphatic hydroxyl groups is 1. The Morgan fingerprint density at radius 3 is 1.44 bits per heavy atom. The van der Waals surface area contributed by atoms with E-state index in [-0.39, 0.29) is 25.9 Å². The number of hydrogen-bond donors (Lipinski definition) is 2. The van der Waals surface area contributed by atoms with Gasteiger partial charge in [0.25, 0.3) is 0 Å². The summed E-state index contributed by atoms with van der Waals surface area (Å²) in [5, 5.41) is 9.72. The number of esters is 3. The van der Waals surface area contributed by atoms with Crippen LogP contribution >= 0.6 is 7.82 Å². The van der Waals surface area contributed by atoms with Crippen LogP contribution in [0.2, 0.25) is 0 Å². The van der Waals surface area contributed by atoms with Gasteiger partial charge >= 0.3 is 25.7 Å². The summed E-state index contributed by atoms with van der Waals surface area (Å²) in [7, 11) is -4.76. The van der Waals surface area contributed by atoms with E-state index in [2.05, 4.69) is 81.5 Å². The minimum Gasteiger partial charge on any atom is -0.462 e. The van der Waals surface area contributed by atoms with E-state index in [9.17, 15) is 28.9 Å². The van der Waals surface area contributed by atoms with Gasteiger partial charge in [-0.25, -0.2) is 4.57 Å². The van der Waals surface area contributed by atoms with Crippen molar-refractivity contribution < 1.29 is 52.2 Å². The Morgan fingerprint density at radius 2 is 0.906 bits per heavy atom. The summed E-state index contributed by atoms with van der Waals surface area (Å²) in [6.45, 7) is 4.27. The van der Waals surface area contributed by atoms with Crippen molar-refractivity contribution in [2.45, 2.75) is 200 Å². The fraction of sp³-hybridized carbons (Fsp3) is 0.673. The second-order valence-electron chi connectivity index (χ2n) is 15.9. The highest BCUT2D eigenvalue weighted by atomic mass is 31.2. The third-order valence-corrected chi connectivity index (χ3v) is 10.8. The van der Waals surface area contributed by atoms with Crippen molar-refractivity contribution in [1.82, 2.24) is 0 Å². The average molecular weight is 919 g/mol. The van der Waals surface area contributed by atoms with Crippen molar-refractivity contribution in [1.29, 1.82) is 0 Å². The number of carbonyl (C=O) groups is 3. The highest BCUT2D eigenvalue weighted by Gasteiger charge is 2.28. The molecule has 12 heteroatoms. The van der Waals surface area contributed by atoms with E-state index >= 15 is 0 Å². The summed E-state index contributed by atoms with van der Waals surface area (Å²) >= 11 is 0. The SMILES string of the molecule is CC/C=C\C/C=C\C/C=C\C/C=C\C/C=C\CC(=O)OC(COC(=O)CCCCCCC/C=C\C/C=C\CCC)COP(=O)(O)OCC(CO)OC(=O)CCCCCCCCCCC. The van der Waals surface area contributed by atoms with Crippen molar-refractivity contribution in [3.63, 3.8) is 0 Å². The molecule has 0 spiro atoms. The van der Waals surface area contributed by atoms with Crippen LogP contribution in [-0.2, 0) is 42.2 Å². The van der Waals surface area contributed by atoms with Gasteiger partial charge in [0, 0.05) is 12.8 Å². The first kappa shape index (κ1) is 60.7. The van der Waals surface area contributed by atoms with Gasteiger partial charge in [-0.3, -0.25) is 23.4 Å². The van der Waals surface area contributed by atoms with Crippen molar-refractivity contribution in [2.75, 3.05) is 26.4 Å². The van der Waals surface area contributed by atoms with Crippen LogP contribution in [0.3, 0.4) is 0 Å². The Morgan fingerprint density at radius 1 is 0.469 bits per heavy atom. The Bertz CT molecular complexity index is 1400. The summed E-state index contributed by atoms with van der Waals surface area (Å²) in [6.07, 6.45) is 50.3.